The molecule has 0 aliphatic rings. The van der Waals surface area contributed by atoms with Crippen LogP contribution in [0.25, 0.3) is 0 Å². The summed E-state index contributed by atoms with van der Waals surface area (Å²) in [5.74, 6) is -0.257. The fourth-order valence-electron chi connectivity index (χ4n) is 1.17. The van der Waals surface area contributed by atoms with Crippen LogP contribution in [0, 0.1) is 0 Å². The quantitative estimate of drug-likeness (QED) is 0.554. The highest BCUT2D eigenvalue weighted by atomic mass is 16.2. The van der Waals surface area contributed by atoms with E-state index in [1.807, 2.05) is 13.0 Å². The van der Waals surface area contributed by atoms with E-state index in [-0.39, 0.29) is 18.1 Å². The van der Waals surface area contributed by atoms with Gasteiger partial charge in [0, 0.05) is 19.2 Å². The summed E-state index contributed by atoms with van der Waals surface area (Å²) >= 11 is 0. The summed E-state index contributed by atoms with van der Waals surface area (Å²) in [6.45, 7) is 2.51. The van der Waals surface area contributed by atoms with Crippen LogP contribution in [-0.2, 0) is 4.79 Å². The third kappa shape index (κ3) is 3.20. The Kier molecular flexibility index (Phi) is 4.03. The van der Waals surface area contributed by atoms with Gasteiger partial charge < -0.3 is 4.90 Å². The molecule has 1 aromatic carbocycles. The predicted octanol–water partition coefficient (Wildman–Crippen LogP) is 1.74. The van der Waals surface area contributed by atoms with E-state index in [0.29, 0.717) is 12.1 Å². The van der Waals surface area contributed by atoms with Crippen molar-refractivity contribution in [2.24, 2.45) is 0 Å². The molecule has 0 saturated heterocycles. The molecule has 3 heteroatoms. The largest absolute Gasteiger partial charge is 0.346 e. The average Bonchev–Trinajstić information content (AvgIpc) is 2.29. The zero-order chi connectivity index (χ0) is 11.3. The van der Waals surface area contributed by atoms with E-state index in [2.05, 4.69) is 0 Å². The number of ketones is 1. The lowest BCUT2D eigenvalue weighted by Gasteiger charge is -2.13. The number of amides is 1. The molecule has 0 radical (unpaired) electrons. The fourth-order valence-corrected chi connectivity index (χ4v) is 1.17. The molecule has 0 aliphatic heterocycles. The first-order chi connectivity index (χ1) is 7.15. The number of carbonyl (C=O) groups excluding carboxylic acids is 2. The Bertz CT molecular complexity index is 346. The minimum absolute atomic E-state index is 0.0473. The van der Waals surface area contributed by atoms with Gasteiger partial charge >= 0.3 is 0 Å². The van der Waals surface area contributed by atoms with E-state index in [4.69, 9.17) is 0 Å². The molecule has 0 N–H and O–H groups in total. The van der Waals surface area contributed by atoms with E-state index in [1.165, 1.54) is 0 Å². The lowest BCUT2D eigenvalue weighted by molar-refractivity contribution is -0.128. The van der Waals surface area contributed by atoms with Crippen molar-refractivity contribution in [1.82, 2.24) is 4.90 Å². The lowest BCUT2D eigenvalue weighted by atomic mass is 10.1. The van der Waals surface area contributed by atoms with Crippen molar-refractivity contribution < 1.29 is 9.59 Å². The normalized spacial score (nSPS) is 9.73. The molecule has 0 spiro atoms. The molecule has 1 amide bonds. The van der Waals surface area contributed by atoms with Crippen LogP contribution in [0.4, 0.5) is 0 Å². The molecular formula is C12H15NO2. The van der Waals surface area contributed by atoms with Crippen LogP contribution in [0.3, 0.4) is 0 Å². The monoisotopic (exact) mass is 205 g/mol. The van der Waals surface area contributed by atoms with Crippen molar-refractivity contribution in [2.75, 3.05) is 13.6 Å². The highest BCUT2D eigenvalue weighted by Crippen LogP contribution is 2.04. The summed E-state index contributed by atoms with van der Waals surface area (Å²) in [6, 6.07) is 8.88. The molecule has 80 valence electrons. The van der Waals surface area contributed by atoms with Crippen molar-refractivity contribution in [1.29, 1.82) is 0 Å². The summed E-state index contributed by atoms with van der Waals surface area (Å²) in [6.07, 6.45) is -0.0473. The topological polar surface area (TPSA) is 37.4 Å². The first-order valence-corrected chi connectivity index (χ1v) is 4.97. The van der Waals surface area contributed by atoms with Gasteiger partial charge in [0.05, 0.1) is 6.42 Å². The summed E-state index contributed by atoms with van der Waals surface area (Å²) in [5.41, 5.74) is 0.593. The molecule has 0 heterocycles. The van der Waals surface area contributed by atoms with Gasteiger partial charge in [-0.15, -0.1) is 0 Å². The SMILES string of the molecule is CCN(C)C(=O)CC(=O)c1ccccc1. The summed E-state index contributed by atoms with van der Waals surface area (Å²) in [4.78, 5) is 24.6. The van der Waals surface area contributed by atoms with Gasteiger partial charge in [-0.2, -0.15) is 0 Å². The number of rotatable bonds is 4. The third-order valence-electron chi connectivity index (χ3n) is 2.31. The highest BCUT2D eigenvalue weighted by molar-refractivity contribution is 6.07. The van der Waals surface area contributed by atoms with Crippen LogP contribution in [0.15, 0.2) is 30.3 Å². The summed E-state index contributed by atoms with van der Waals surface area (Å²) in [5, 5.41) is 0. The van der Waals surface area contributed by atoms with Gasteiger partial charge in [-0.25, -0.2) is 0 Å². The smallest absolute Gasteiger partial charge is 0.230 e. The first-order valence-electron chi connectivity index (χ1n) is 4.97. The number of carbonyl (C=O) groups is 2. The predicted molar refractivity (Wildman–Crippen MR) is 58.7 cm³/mol. The molecule has 1 rings (SSSR count). The average molecular weight is 205 g/mol. The number of hydrogen-bond acceptors (Lipinski definition) is 2. The Morgan fingerprint density at radius 3 is 2.33 bits per heavy atom. The van der Waals surface area contributed by atoms with Gasteiger partial charge in [-0.05, 0) is 6.92 Å². The van der Waals surface area contributed by atoms with Gasteiger partial charge in [-0.3, -0.25) is 9.59 Å². The number of hydrogen-bond donors (Lipinski definition) is 0. The maximum atomic E-state index is 11.6. The van der Waals surface area contributed by atoms with Gasteiger partial charge in [0.25, 0.3) is 0 Å². The molecule has 0 bridgehead atoms. The van der Waals surface area contributed by atoms with Gasteiger partial charge in [0.1, 0.15) is 0 Å². The fraction of sp³-hybridized carbons (Fsp3) is 0.333. The van der Waals surface area contributed by atoms with Crippen LogP contribution in [0.1, 0.15) is 23.7 Å². The zero-order valence-corrected chi connectivity index (χ0v) is 9.06. The summed E-state index contributed by atoms with van der Waals surface area (Å²) < 4.78 is 0. The van der Waals surface area contributed by atoms with Crippen LogP contribution in [0.2, 0.25) is 0 Å². The Balaban J connectivity index is 2.61. The van der Waals surface area contributed by atoms with Crippen molar-refractivity contribution in [3.8, 4) is 0 Å². The maximum absolute atomic E-state index is 11.6. The molecule has 0 unspecified atom stereocenters. The molecule has 15 heavy (non-hydrogen) atoms. The van der Waals surface area contributed by atoms with E-state index >= 15 is 0 Å². The number of nitrogens with zero attached hydrogens (tertiary/aromatic N) is 1. The number of benzene rings is 1. The standard InChI is InChI=1S/C12H15NO2/c1-3-13(2)12(15)9-11(14)10-7-5-4-6-8-10/h4-8H,3,9H2,1-2H3. The van der Waals surface area contributed by atoms with Crippen LogP contribution in [0.5, 0.6) is 0 Å². The van der Waals surface area contributed by atoms with Crippen molar-refractivity contribution in [2.45, 2.75) is 13.3 Å². The minimum atomic E-state index is -0.133. The Hall–Kier alpha value is -1.64. The lowest BCUT2D eigenvalue weighted by Crippen LogP contribution is -2.28. The maximum Gasteiger partial charge on any atom is 0.230 e. The van der Waals surface area contributed by atoms with Crippen LogP contribution in [-0.4, -0.2) is 30.2 Å². The van der Waals surface area contributed by atoms with E-state index in [0.717, 1.165) is 0 Å². The molecule has 0 atom stereocenters. The van der Waals surface area contributed by atoms with E-state index in [9.17, 15) is 9.59 Å². The Morgan fingerprint density at radius 2 is 1.80 bits per heavy atom. The molecule has 3 nitrogen and oxygen atoms in total. The van der Waals surface area contributed by atoms with E-state index < -0.39 is 0 Å². The Morgan fingerprint density at radius 1 is 1.20 bits per heavy atom. The molecule has 0 fully saturated rings. The third-order valence-corrected chi connectivity index (χ3v) is 2.31. The highest BCUT2D eigenvalue weighted by Gasteiger charge is 2.13. The minimum Gasteiger partial charge on any atom is -0.346 e. The number of Topliss-reactive ketones (excluding diaryl/α,β-unsaturated/α-hetero) is 1. The van der Waals surface area contributed by atoms with Crippen LogP contribution >= 0.6 is 0 Å². The summed E-state index contributed by atoms with van der Waals surface area (Å²) in [7, 11) is 1.70. The Labute approximate surface area is 89.7 Å². The first kappa shape index (κ1) is 11.4. The second-order valence-electron chi connectivity index (χ2n) is 3.37. The zero-order valence-electron chi connectivity index (χ0n) is 9.06. The molecule has 0 aromatic heterocycles. The molecule has 0 saturated carbocycles. The molecule has 0 aliphatic carbocycles. The van der Waals surface area contributed by atoms with Gasteiger partial charge in [-0.1, -0.05) is 30.3 Å². The van der Waals surface area contributed by atoms with Gasteiger partial charge in [0.15, 0.2) is 5.78 Å². The van der Waals surface area contributed by atoms with Gasteiger partial charge in [0.2, 0.25) is 5.91 Å². The second kappa shape index (κ2) is 5.29. The molecule has 1 aromatic rings. The van der Waals surface area contributed by atoms with E-state index in [1.54, 1.807) is 36.2 Å². The molecular weight excluding hydrogens is 190 g/mol. The van der Waals surface area contributed by atoms with Crippen molar-refractivity contribution in [3.63, 3.8) is 0 Å². The second-order valence-corrected chi connectivity index (χ2v) is 3.37. The van der Waals surface area contributed by atoms with Crippen molar-refractivity contribution >= 4 is 11.7 Å². The van der Waals surface area contributed by atoms with Crippen LogP contribution < -0.4 is 0 Å². The van der Waals surface area contributed by atoms with Crippen molar-refractivity contribution in [3.05, 3.63) is 35.9 Å².